The molecule has 11 heavy (non-hydrogen) atoms. The SMILES string of the molecule is Bc1cc(C)c(C#N)c(C)c1. The van der Waals surface area contributed by atoms with Crippen LogP contribution in [0.3, 0.4) is 0 Å². The average Bonchev–Trinajstić information content (AvgIpc) is 1.85. The van der Waals surface area contributed by atoms with Crippen LogP contribution in [0.4, 0.5) is 0 Å². The van der Waals surface area contributed by atoms with Gasteiger partial charge in [-0.05, 0) is 25.0 Å². The Labute approximate surface area is 68.1 Å². The Balaban J connectivity index is 3.40. The molecule has 0 amide bonds. The van der Waals surface area contributed by atoms with Crippen LogP contribution in [0.5, 0.6) is 0 Å². The molecule has 0 unspecified atom stereocenters. The van der Waals surface area contributed by atoms with Crippen molar-refractivity contribution >= 4 is 13.3 Å². The van der Waals surface area contributed by atoms with Crippen molar-refractivity contribution in [1.82, 2.24) is 0 Å². The first-order valence-electron chi connectivity index (χ1n) is 3.63. The van der Waals surface area contributed by atoms with Gasteiger partial charge in [0.1, 0.15) is 7.85 Å². The van der Waals surface area contributed by atoms with E-state index in [9.17, 15) is 0 Å². The molecule has 1 aromatic rings. The summed E-state index contributed by atoms with van der Waals surface area (Å²) in [7, 11) is 2.04. The molecule has 0 aromatic heterocycles. The first-order chi connectivity index (χ1) is 5.15. The van der Waals surface area contributed by atoms with Crippen LogP contribution in [0.25, 0.3) is 0 Å². The van der Waals surface area contributed by atoms with E-state index in [4.69, 9.17) is 5.26 Å². The van der Waals surface area contributed by atoms with Crippen molar-refractivity contribution in [2.45, 2.75) is 13.8 Å². The van der Waals surface area contributed by atoms with Crippen LogP contribution in [-0.4, -0.2) is 7.85 Å². The predicted octanol–water partition coefficient (Wildman–Crippen LogP) is 0.434. The van der Waals surface area contributed by atoms with Crippen molar-refractivity contribution in [1.29, 1.82) is 5.26 Å². The highest BCUT2D eigenvalue weighted by Gasteiger charge is 2.00. The summed E-state index contributed by atoms with van der Waals surface area (Å²) < 4.78 is 0. The monoisotopic (exact) mass is 143 g/mol. The molecule has 0 saturated carbocycles. The average molecular weight is 143 g/mol. The Morgan fingerprint density at radius 2 is 1.73 bits per heavy atom. The molecule has 0 radical (unpaired) electrons. The highest BCUT2D eigenvalue weighted by Crippen LogP contribution is 2.09. The van der Waals surface area contributed by atoms with Gasteiger partial charge in [0.05, 0.1) is 11.6 Å². The van der Waals surface area contributed by atoms with Crippen LogP contribution in [0.15, 0.2) is 12.1 Å². The molecule has 54 valence electrons. The molecule has 0 N–H and O–H groups in total. The lowest BCUT2D eigenvalue weighted by Crippen LogP contribution is -2.05. The van der Waals surface area contributed by atoms with Gasteiger partial charge in [0.2, 0.25) is 0 Å². The molecule has 1 rings (SSSR count). The number of nitrogens with zero attached hydrogens (tertiary/aromatic N) is 1. The van der Waals surface area contributed by atoms with Gasteiger partial charge in [-0.3, -0.25) is 0 Å². The Kier molecular flexibility index (Phi) is 2.00. The summed E-state index contributed by atoms with van der Waals surface area (Å²) in [5.74, 6) is 0. The van der Waals surface area contributed by atoms with Gasteiger partial charge in [0.15, 0.2) is 0 Å². The molecular formula is C9H10BN. The maximum absolute atomic E-state index is 8.74. The molecule has 0 heterocycles. The summed E-state index contributed by atoms with van der Waals surface area (Å²) >= 11 is 0. The van der Waals surface area contributed by atoms with Crippen LogP contribution >= 0.6 is 0 Å². The normalized spacial score (nSPS) is 9.18. The fourth-order valence-corrected chi connectivity index (χ4v) is 1.36. The van der Waals surface area contributed by atoms with Crippen LogP contribution in [0.1, 0.15) is 16.7 Å². The summed E-state index contributed by atoms with van der Waals surface area (Å²) in [6, 6.07) is 6.26. The second kappa shape index (κ2) is 2.80. The Bertz CT molecular complexity index is 300. The number of hydrogen-bond acceptors (Lipinski definition) is 1. The van der Waals surface area contributed by atoms with Gasteiger partial charge in [-0.25, -0.2) is 0 Å². The van der Waals surface area contributed by atoms with Gasteiger partial charge in [-0.1, -0.05) is 17.6 Å². The van der Waals surface area contributed by atoms with Crippen LogP contribution in [0.2, 0.25) is 0 Å². The zero-order valence-corrected chi connectivity index (χ0v) is 7.10. The van der Waals surface area contributed by atoms with Gasteiger partial charge in [0, 0.05) is 0 Å². The molecule has 1 nitrogen and oxygen atoms in total. The molecule has 2 heteroatoms. The lowest BCUT2D eigenvalue weighted by molar-refractivity contribution is 1.34. The van der Waals surface area contributed by atoms with E-state index in [1.54, 1.807) is 0 Å². The minimum atomic E-state index is 0.815. The number of aryl methyl sites for hydroxylation is 2. The molecule has 0 aliphatic rings. The number of benzene rings is 1. The van der Waals surface area contributed by atoms with Crippen molar-refractivity contribution in [3.63, 3.8) is 0 Å². The highest BCUT2D eigenvalue weighted by atomic mass is 14.2. The number of hydrogen-bond donors (Lipinski definition) is 0. The number of rotatable bonds is 0. The van der Waals surface area contributed by atoms with E-state index in [2.05, 4.69) is 6.07 Å². The van der Waals surface area contributed by atoms with E-state index in [1.807, 2.05) is 33.8 Å². The van der Waals surface area contributed by atoms with Gasteiger partial charge < -0.3 is 0 Å². The smallest absolute Gasteiger partial charge is 0.139 e. The molecule has 0 aliphatic carbocycles. The van der Waals surface area contributed by atoms with Crippen LogP contribution in [-0.2, 0) is 0 Å². The largest absolute Gasteiger partial charge is 0.192 e. The Hall–Kier alpha value is -1.23. The molecular weight excluding hydrogens is 133 g/mol. The summed E-state index contributed by atoms with van der Waals surface area (Å²) in [6.45, 7) is 3.94. The molecule has 0 atom stereocenters. The van der Waals surface area contributed by atoms with Crippen LogP contribution in [0, 0.1) is 25.2 Å². The third kappa shape index (κ3) is 1.43. The summed E-state index contributed by atoms with van der Waals surface area (Å²) in [4.78, 5) is 0. The standard InChI is InChI=1S/C9H10BN/c1-6-3-8(10)4-7(2)9(6)5-11/h3-4H,10H2,1-2H3. The highest BCUT2D eigenvalue weighted by molar-refractivity contribution is 6.32. The summed E-state index contributed by atoms with van der Waals surface area (Å²) in [6.07, 6.45) is 0. The van der Waals surface area contributed by atoms with Crippen molar-refractivity contribution in [3.8, 4) is 6.07 Å². The molecule has 0 fully saturated rings. The van der Waals surface area contributed by atoms with Crippen molar-refractivity contribution in [2.24, 2.45) is 0 Å². The quantitative estimate of drug-likeness (QED) is 0.483. The minimum absolute atomic E-state index is 0.815. The van der Waals surface area contributed by atoms with E-state index >= 15 is 0 Å². The van der Waals surface area contributed by atoms with Crippen LogP contribution < -0.4 is 5.46 Å². The summed E-state index contributed by atoms with van der Waals surface area (Å²) in [5, 5.41) is 8.74. The molecule has 0 spiro atoms. The first kappa shape index (κ1) is 7.88. The second-order valence-corrected chi connectivity index (χ2v) is 2.89. The van der Waals surface area contributed by atoms with Gasteiger partial charge in [0.25, 0.3) is 0 Å². The van der Waals surface area contributed by atoms with E-state index in [0.29, 0.717) is 0 Å². The number of nitriles is 1. The molecule has 1 aromatic carbocycles. The zero-order valence-electron chi connectivity index (χ0n) is 7.10. The van der Waals surface area contributed by atoms with E-state index in [1.165, 1.54) is 5.46 Å². The third-order valence-electron chi connectivity index (χ3n) is 1.79. The Morgan fingerprint density at radius 1 is 1.27 bits per heavy atom. The molecule has 0 bridgehead atoms. The minimum Gasteiger partial charge on any atom is -0.192 e. The van der Waals surface area contributed by atoms with E-state index in [0.717, 1.165) is 16.7 Å². The molecule has 0 aliphatic heterocycles. The third-order valence-corrected chi connectivity index (χ3v) is 1.79. The fourth-order valence-electron chi connectivity index (χ4n) is 1.36. The topological polar surface area (TPSA) is 23.8 Å². The zero-order chi connectivity index (χ0) is 8.43. The van der Waals surface area contributed by atoms with Crippen molar-refractivity contribution in [3.05, 3.63) is 28.8 Å². The maximum atomic E-state index is 8.74. The fraction of sp³-hybridized carbons (Fsp3) is 0.222. The van der Waals surface area contributed by atoms with Gasteiger partial charge in [-0.15, -0.1) is 0 Å². The first-order valence-corrected chi connectivity index (χ1v) is 3.63. The Morgan fingerprint density at radius 3 is 2.09 bits per heavy atom. The second-order valence-electron chi connectivity index (χ2n) is 2.89. The van der Waals surface area contributed by atoms with E-state index in [-0.39, 0.29) is 0 Å². The van der Waals surface area contributed by atoms with Gasteiger partial charge >= 0.3 is 0 Å². The van der Waals surface area contributed by atoms with E-state index < -0.39 is 0 Å². The summed E-state index contributed by atoms with van der Waals surface area (Å²) in [5.41, 5.74) is 4.18. The maximum Gasteiger partial charge on any atom is 0.139 e. The molecule has 0 saturated heterocycles. The van der Waals surface area contributed by atoms with Crippen molar-refractivity contribution < 1.29 is 0 Å². The van der Waals surface area contributed by atoms with Crippen molar-refractivity contribution in [2.75, 3.05) is 0 Å². The lowest BCUT2D eigenvalue weighted by Gasteiger charge is -2.02. The van der Waals surface area contributed by atoms with Gasteiger partial charge in [-0.2, -0.15) is 5.26 Å². The predicted molar refractivity (Wildman–Crippen MR) is 48.8 cm³/mol. The lowest BCUT2D eigenvalue weighted by atomic mass is 9.90.